The lowest BCUT2D eigenvalue weighted by Gasteiger charge is -2.17. The number of ether oxygens (including phenoxy) is 1. The van der Waals surface area contributed by atoms with Crippen LogP contribution in [-0.2, 0) is 11.3 Å². The number of rotatable bonds is 5. The number of hydrogen-bond donors (Lipinski definition) is 2. The maximum atomic E-state index is 11.6. The minimum absolute atomic E-state index is 0.117. The number of anilines is 1. The first kappa shape index (κ1) is 11.9. The number of methoxy groups -OCH3 is 1. The average Bonchev–Trinajstić information content (AvgIpc) is 3.01. The quantitative estimate of drug-likeness (QED) is 0.753. The minimum Gasteiger partial charge on any atom is -0.385 e. The normalized spacial score (nSPS) is 17.0. The largest absolute Gasteiger partial charge is 0.385 e. The number of nitrogens with zero attached hydrogens (tertiary/aromatic N) is 1. The molecule has 1 fully saturated rings. The number of aromatic amines is 1. The van der Waals surface area contributed by atoms with Gasteiger partial charge in [0.05, 0.1) is 0 Å². The molecule has 1 aromatic rings. The molecule has 0 saturated heterocycles. The first-order valence-electron chi connectivity index (χ1n) is 5.65. The van der Waals surface area contributed by atoms with Crippen molar-refractivity contribution in [2.45, 2.75) is 25.8 Å². The van der Waals surface area contributed by atoms with Crippen LogP contribution >= 0.6 is 0 Å². The molecule has 2 rings (SSSR count). The Morgan fingerprint density at radius 2 is 2.24 bits per heavy atom. The number of nitrogens with two attached hydrogens (primary N) is 1. The first-order chi connectivity index (χ1) is 8.06. The van der Waals surface area contributed by atoms with Crippen LogP contribution in [0.15, 0.2) is 15.7 Å². The molecule has 1 aliphatic carbocycles. The van der Waals surface area contributed by atoms with Crippen LogP contribution in [0.3, 0.4) is 0 Å². The van der Waals surface area contributed by atoms with Crippen molar-refractivity contribution in [1.29, 1.82) is 0 Å². The second-order valence-electron chi connectivity index (χ2n) is 4.69. The molecule has 94 valence electrons. The van der Waals surface area contributed by atoms with E-state index in [-0.39, 0.29) is 11.2 Å². The van der Waals surface area contributed by atoms with Crippen LogP contribution in [0, 0.1) is 5.41 Å². The summed E-state index contributed by atoms with van der Waals surface area (Å²) in [6, 6.07) is 1.24. The molecule has 1 aromatic heterocycles. The Morgan fingerprint density at radius 3 is 2.76 bits per heavy atom. The zero-order chi connectivity index (χ0) is 12.5. The predicted molar refractivity (Wildman–Crippen MR) is 63.9 cm³/mol. The molecule has 6 nitrogen and oxygen atoms in total. The lowest BCUT2D eigenvalue weighted by molar-refractivity contribution is 0.166. The molecule has 6 heteroatoms. The summed E-state index contributed by atoms with van der Waals surface area (Å²) in [5, 5.41) is 0. The van der Waals surface area contributed by atoms with Crippen molar-refractivity contribution in [3.8, 4) is 0 Å². The SMILES string of the molecule is COCCC1(Cn2c(N)cc(=O)[nH]c2=O)CC1. The summed E-state index contributed by atoms with van der Waals surface area (Å²) in [6.07, 6.45) is 3.05. The fourth-order valence-electron chi connectivity index (χ4n) is 2.02. The van der Waals surface area contributed by atoms with Crippen molar-refractivity contribution in [1.82, 2.24) is 9.55 Å². The zero-order valence-electron chi connectivity index (χ0n) is 9.86. The fraction of sp³-hybridized carbons (Fsp3) is 0.636. The van der Waals surface area contributed by atoms with E-state index < -0.39 is 11.2 Å². The van der Waals surface area contributed by atoms with Crippen LogP contribution in [0.4, 0.5) is 5.82 Å². The van der Waals surface area contributed by atoms with Gasteiger partial charge in [0.25, 0.3) is 5.56 Å². The van der Waals surface area contributed by atoms with Crippen LogP contribution in [-0.4, -0.2) is 23.3 Å². The second kappa shape index (κ2) is 4.37. The zero-order valence-corrected chi connectivity index (χ0v) is 9.86. The lowest BCUT2D eigenvalue weighted by atomic mass is 10.0. The van der Waals surface area contributed by atoms with E-state index in [0.717, 1.165) is 19.3 Å². The summed E-state index contributed by atoms with van der Waals surface area (Å²) in [4.78, 5) is 24.9. The van der Waals surface area contributed by atoms with Gasteiger partial charge >= 0.3 is 5.69 Å². The predicted octanol–water partition coefficient (Wildman–Crippen LogP) is -0.0645. The molecule has 17 heavy (non-hydrogen) atoms. The summed E-state index contributed by atoms with van der Waals surface area (Å²) in [5.41, 5.74) is 4.93. The number of H-pyrrole nitrogens is 1. The second-order valence-corrected chi connectivity index (χ2v) is 4.69. The number of aromatic nitrogens is 2. The third-order valence-corrected chi connectivity index (χ3v) is 3.35. The third-order valence-electron chi connectivity index (χ3n) is 3.35. The van der Waals surface area contributed by atoms with Gasteiger partial charge in [-0.15, -0.1) is 0 Å². The molecule has 1 aliphatic rings. The molecule has 0 spiro atoms. The topological polar surface area (TPSA) is 90.1 Å². The highest BCUT2D eigenvalue weighted by atomic mass is 16.5. The standard InChI is InChI=1S/C11H17N3O3/c1-17-5-4-11(2-3-11)7-14-8(12)6-9(15)13-10(14)16/h6H,2-5,7,12H2,1H3,(H,13,15,16). The summed E-state index contributed by atoms with van der Waals surface area (Å²) in [7, 11) is 1.66. The molecule has 1 heterocycles. The molecule has 0 radical (unpaired) electrons. The Bertz CT molecular complexity index is 513. The molecule has 0 bridgehead atoms. The highest BCUT2D eigenvalue weighted by Gasteiger charge is 2.42. The van der Waals surface area contributed by atoms with Crippen molar-refractivity contribution in [3.63, 3.8) is 0 Å². The van der Waals surface area contributed by atoms with Crippen LogP contribution in [0.5, 0.6) is 0 Å². The summed E-state index contributed by atoms with van der Waals surface area (Å²) >= 11 is 0. The molecule has 0 aliphatic heterocycles. The maximum Gasteiger partial charge on any atom is 0.329 e. The van der Waals surface area contributed by atoms with Gasteiger partial charge in [0.1, 0.15) is 5.82 Å². The molecule has 0 amide bonds. The van der Waals surface area contributed by atoms with E-state index in [1.807, 2.05) is 0 Å². The Labute approximate surface area is 98.4 Å². The van der Waals surface area contributed by atoms with Crippen molar-refractivity contribution < 1.29 is 4.74 Å². The lowest BCUT2D eigenvalue weighted by Crippen LogP contribution is -2.34. The van der Waals surface area contributed by atoms with E-state index >= 15 is 0 Å². The van der Waals surface area contributed by atoms with Gasteiger partial charge in [-0.1, -0.05) is 0 Å². The van der Waals surface area contributed by atoms with Gasteiger partial charge in [-0.3, -0.25) is 14.3 Å². The van der Waals surface area contributed by atoms with E-state index in [0.29, 0.717) is 13.2 Å². The minimum atomic E-state index is -0.453. The molecule has 1 saturated carbocycles. The van der Waals surface area contributed by atoms with Gasteiger partial charge in [-0.2, -0.15) is 0 Å². The van der Waals surface area contributed by atoms with Gasteiger partial charge in [-0.05, 0) is 24.7 Å². The Kier molecular flexibility index (Phi) is 3.06. The highest BCUT2D eigenvalue weighted by molar-refractivity contribution is 5.26. The monoisotopic (exact) mass is 239 g/mol. The third kappa shape index (κ3) is 2.58. The number of hydrogen-bond acceptors (Lipinski definition) is 4. The van der Waals surface area contributed by atoms with E-state index in [2.05, 4.69) is 4.98 Å². The Morgan fingerprint density at radius 1 is 1.53 bits per heavy atom. The molecule has 0 atom stereocenters. The molecule has 0 unspecified atom stereocenters. The van der Waals surface area contributed by atoms with Gasteiger partial charge in [-0.25, -0.2) is 4.79 Å². The molecule has 3 N–H and O–H groups in total. The van der Waals surface area contributed by atoms with Crippen molar-refractivity contribution >= 4 is 5.82 Å². The van der Waals surface area contributed by atoms with Gasteiger partial charge in [0, 0.05) is 26.3 Å². The van der Waals surface area contributed by atoms with E-state index in [9.17, 15) is 9.59 Å². The van der Waals surface area contributed by atoms with Gasteiger partial charge in [0.15, 0.2) is 0 Å². The smallest absolute Gasteiger partial charge is 0.329 e. The summed E-state index contributed by atoms with van der Waals surface area (Å²) < 4.78 is 6.49. The number of nitrogen functional groups attached to an aromatic ring is 1. The maximum absolute atomic E-state index is 11.6. The molecular formula is C11H17N3O3. The Hall–Kier alpha value is -1.56. The van der Waals surface area contributed by atoms with Gasteiger partial charge in [0.2, 0.25) is 0 Å². The first-order valence-corrected chi connectivity index (χ1v) is 5.65. The molecule has 0 aromatic carbocycles. The van der Waals surface area contributed by atoms with E-state index in [1.54, 1.807) is 7.11 Å². The average molecular weight is 239 g/mol. The van der Waals surface area contributed by atoms with Crippen molar-refractivity contribution in [3.05, 3.63) is 26.9 Å². The van der Waals surface area contributed by atoms with Gasteiger partial charge < -0.3 is 10.5 Å². The van der Waals surface area contributed by atoms with Crippen molar-refractivity contribution in [2.75, 3.05) is 19.5 Å². The summed E-state index contributed by atoms with van der Waals surface area (Å²) in [6.45, 7) is 1.23. The van der Waals surface area contributed by atoms with Crippen LogP contribution in [0.2, 0.25) is 0 Å². The summed E-state index contributed by atoms with van der Waals surface area (Å²) in [5.74, 6) is 0.224. The van der Waals surface area contributed by atoms with E-state index in [4.69, 9.17) is 10.5 Å². The van der Waals surface area contributed by atoms with E-state index in [1.165, 1.54) is 10.6 Å². The van der Waals surface area contributed by atoms with Crippen LogP contribution in [0.25, 0.3) is 0 Å². The van der Waals surface area contributed by atoms with Crippen LogP contribution < -0.4 is 17.0 Å². The van der Waals surface area contributed by atoms with Crippen molar-refractivity contribution in [2.24, 2.45) is 5.41 Å². The highest BCUT2D eigenvalue weighted by Crippen LogP contribution is 2.50. The van der Waals surface area contributed by atoms with Crippen LogP contribution in [0.1, 0.15) is 19.3 Å². The molecular weight excluding hydrogens is 222 g/mol. The fourth-order valence-corrected chi connectivity index (χ4v) is 2.02. The Balaban J connectivity index is 2.19. The number of nitrogens with one attached hydrogen (secondary N) is 1.